The first kappa shape index (κ1) is 13.4. The van der Waals surface area contributed by atoms with E-state index in [1.165, 1.54) is 0 Å². The van der Waals surface area contributed by atoms with Crippen LogP contribution in [-0.2, 0) is 6.42 Å². The van der Waals surface area contributed by atoms with Gasteiger partial charge in [0, 0.05) is 6.42 Å². The molecule has 0 bridgehead atoms. The molecule has 0 amide bonds. The lowest BCUT2D eigenvalue weighted by Crippen LogP contribution is -1.98. The van der Waals surface area contributed by atoms with Crippen LogP contribution in [0, 0.1) is 0 Å². The van der Waals surface area contributed by atoms with Crippen molar-refractivity contribution in [2.45, 2.75) is 12.8 Å². The van der Waals surface area contributed by atoms with Crippen LogP contribution in [0.4, 0.5) is 0 Å². The fourth-order valence-corrected chi connectivity index (χ4v) is 2.37. The minimum absolute atomic E-state index is 0.112. The maximum atomic E-state index is 10.7. The van der Waals surface area contributed by atoms with Crippen molar-refractivity contribution < 1.29 is 19.7 Å². The summed E-state index contributed by atoms with van der Waals surface area (Å²) in [6.07, 6.45) is 1.29. The molecule has 1 aromatic heterocycles. The van der Waals surface area contributed by atoms with Crippen LogP contribution in [-0.4, -0.2) is 27.8 Å². The average molecular weight is 279 g/mol. The number of aryl methyl sites for hydroxylation is 1. The molecular weight excluding hydrogens is 266 g/mol. The SMILES string of the molecule is O=C(O)c1sc(CCCOc2ccccc2)nc1O. The van der Waals surface area contributed by atoms with Crippen LogP contribution in [0.3, 0.4) is 0 Å². The van der Waals surface area contributed by atoms with E-state index in [0.29, 0.717) is 24.5 Å². The Bertz CT molecular complexity index is 553. The maximum Gasteiger partial charge on any atom is 0.351 e. The van der Waals surface area contributed by atoms with Crippen LogP contribution < -0.4 is 4.74 Å². The van der Waals surface area contributed by atoms with Gasteiger partial charge in [0.25, 0.3) is 0 Å². The van der Waals surface area contributed by atoms with E-state index in [-0.39, 0.29) is 4.88 Å². The van der Waals surface area contributed by atoms with Gasteiger partial charge in [-0.25, -0.2) is 9.78 Å². The quantitative estimate of drug-likeness (QED) is 0.794. The molecule has 2 aromatic rings. The van der Waals surface area contributed by atoms with Crippen molar-refractivity contribution in [3.63, 3.8) is 0 Å². The number of hydrogen-bond acceptors (Lipinski definition) is 5. The molecule has 0 aliphatic carbocycles. The molecule has 2 N–H and O–H groups in total. The van der Waals surface area contributed by atoms with E-state index in [9.17, 15) is 9.90 Å². The van der Waals surface area contributed by atoms with Gasteiger partial charge < -0.3 is 14.9 Å². The summed E-state index contributed by atoms with van der Waals surface area (Å²) in [7, 11) is 0. The molecule has 5 nitrogen and oxygen atoms in total. The summed E-state index contributed by atoms with van der Waals surface area (Å²) in [5.41, 5.74) is 0. The van der Waals surface area contributed by atoms with Gasteiger partial charge in [0.2, 0.25) is 5.88 Å². The predicted octanol–water partition coefficient (Wildman–Crippen LogP) is 2.56. The third kappa shape index (κ3) is 3.69. The van der Waals surface area contributed by atoms with E-state index in [1.54, 1.807) is 0 Å². The highest BCUT2D eigenvalue weighted by atomic mass is 32.1. The van der Waals surface area contributed by atoms with Crippen molar-refractivity contribution in [3.05, 3.63) is 40.2 Å². The number of thiazole rings is 1. The Morgan fingerprint density at radius 3 is 2.68 bits per heavy atom. The highest BCUT2D eigenvalue weighted by molar-refractivity contribution is 7.13. The fourth-order valence-electron chi connectivity index (χ4n) is 1.53. The molecule has 0 radical (unpaired) electrons. The molecule has 0 aliphatic rings. The largest absolute Gasteiger partial charge is 0.494 e. The molecule has 6 heteroatoms. The van der Waals surface area contributed by atoms with Crippen LogP contribution in [0.2, 0.25) is 0 Å². The number of ether oxygens (including phenoxy) is 1. The zero-order valence-electron chi connectivity index (χ0n) is 10.1. The highest BCUT2D eigenvalue weighted by Crippen LogP contribution is 2.24. The van der Waals surface area contributed by atoms with Gasteiger partial charge in [-0.2, -0.15) is 0 Å². The molecule has 0 fully saturated rings. The third-order valence-electron chi connectivity index (χ3n) is 2.39. The van der Waals surface area contributed by atoms with Crippen molar-refractivity contribution >= 4 is 17.3 Å². The van der Waals surface area contributed by atoms with E-state index < -0.39 is 11.8 Å². The summed E-state index contributed by atoms with van der Waals surface area (Å²) in [6, 6.07) is 9.45. The minimum Gasteiger partial charge on any atom is -0.494 e. The van der Waals surface area contributed by atoms with E-state index in [1.807, 2.05) is 30.3 Å². The molecule has 0 saturated carbocycles. The first-order valence-electron chi connectivity index (χ1n) is 5.76. The number of benzene rings is 1. The number of nitrogens with zero attached hydrogens (tertiary/aromatic N) is 1. The van der Waals surface area contributed by atoms with Crippen molar-refractivity contribution in [2.75, 3.05) is 6.61 Å². The molecule has 0 saturated heterocycles. The monoisotopic (exact) mass is 279 g/mol. The van der Waals surface area contributed by atoms with Gasteiger partial charge in [-0.1, -0.05) is 18.2 Å². The highest BCUT2D eigenvalue weighted by Gasteiger charge is 2.16. The lowest BCUT2D eigenvalue weighted by atomic mass is 10.3. The number of carboxylic acid groups (broad SMARTS) is 1. The topological polar surface area (TPSA) is 79.7 Å². The van der Waals surface area contributed by atoms with Gasteiger partial charge in [0.05, 0.1) is 11.6 Å². The second kappa shape index (κ2) is 6.19. The predicted molar refractivity (Wildman–Crippen MR) is 71.0 cm³/mol. The van der Waals surface area contributed by atoms with Crippen LogP contribution in [0.1, 0.15) is 21.1 Å². The Kier molecular flexibility index (Phi) is 4.35. The number of carbonyl (C=O) groups is 1. The smallest absolute Gasteiger partial charge is 0.351 e. The standard InChI is InChI=1S/C13H13NO4S/c15-12-11(13(16)17)19-10(14-12)7-4-8-18-9-5-2-1-3-6-9/h1-3,5-6,15H,4,7-8H2,(H,16,17). The first-order valence-corrected chi connectivity index (χ1v) is 6.58. The normalized spacial score (nSPS) is 10.3. The van der Waals surface area contributed by atoms with Crippen LogP contribution in [0.15, 0.2) is 30.3 Å². The number of rotatable bonds is 6. The molecule has 19 heavy (non-hydrogen) atoms. The molecule has 2 rings (SSSR count). The van der Waals surface area contributed by atoms with Crippen LogP contribution in [0.5, 0.6) is 11.6 Å². The van der Waals surface area contributed by atoms with Crippen molar-refractivity contribution in [2.24, 2.45) is 0 Å². The third-order valence-corrected chi connectivity index (χ3v) is 3.49. The van der Waals surface area contributed by atoms with Gasteiger partial charge in [-0.15, -0.1) is 11.3 Å². The molecule has 1 aromatic carbocycles. The Morgan fingerprint density at radius 1 is 1.32 bits per heavy atom. The van der Waals surface area contributed by atoms with E-state index in [4.69, 9.17) is 9.84 Å². The van der Waals surface area contributed by atoms with Crippen molar-refractivity contribution in [1.29, 1.82) is 0 Å². The zero-order chi connectivity index (χ0) is 13.7. The van der Waals surface area contributed by atoms with Gasteiger partial charge in [0.15, 0.2) is 4.88 Å². The minimum atomic E-state index is -1.15. The Labute approximate surface area is 114 Å². The molecule has 0 atom stereocenters. The summed E-state index contributed by atoms with van der Waals surface area (Å²) in [5.74, 6) is -0.756. The number of hydrogen-bond donors (Lipinski definition) is 2. The Morgan fingerprint density at radius 2 is 2.05 bits per heavy atom. The molecule has 0 aliphatic heterocycles. The van der Waals surface area contributed by atoms with Gasteiger partial charge in [-0.05, 0) is 18.6 Å². The Balaban J connectivity index is 1.80. The van der Waals surface area contributed by atoms with Gasteiger partial charge in [-0.3, -0.25) is 0 Å². The molecule has 0 spiro atoms. The van der Waals surface area contributed by atoms with Crippen LogP contribution in [0.25, 0.3) is 0 Å². The lowest BCUT2D eigenvalue weighted by Gasteiger charge is -2.04. The Hall–Kier alpha value is -2.08. The van der Waals surface area contributed by atoms with Gasteiger partial charge in [0.1, 0.15) is 5.75 Å². The molecule has 100 valence electrons. The number of aromatic hydroxyl groups is 1. The second-order valence-electron chi connectivity index (χ2n) is 3.83. The van der Waals surface area contributed by atoms with E-state index >= 15 is 0 Å². The summed E-state index contributed by atoms with van der Waals surface area (Å²) in [5, 5.41) is 18.7. The fraction of sp³-hybridized carbons (Fsp3) is 0.231. The number of para-hydroxylation sites is 1. The first-order chi connectivity index (χ1) is 9.16. The number of carboxylic acids is 1. The number of aromatic nitrogens is 1. The number of aromatic carboxylic acids is 1. The van der Waals surface area contributed by atoms with Crippen molar-refractivity contribution in [1.82, 2.24) is 4.98 Å². The van der Waals surface area contributed by atoms with Crippen molar-refractivity contribution in [3.8, 4) is 11.6 Å². The summed E-state index contributed by atoms with van der Waals surface area (Å²) in [6.45, 7) is 0.521. The lowest BCUT2D eigenvalue weighted by molar-refractivity contribution is 0.0699. The molecular formula is C13H13NO4S. The average Bonchev–Trinajstić information content (AvgIpc) is 2.77. The van der Waals surface area contributed by atoms with Gasteiger partial charge >= 0.3 is 5.97 Å². The summed E-state index contributed by atoms with van der Waals surface area (Å²) in [4.78, 5) is 14.4. The molecule has 1 heterocycles. The zero-order valence-corrected chi connectivity index (χ0v) is 10.9. The second-order valence-corrected chi connectivity index (χ2v) is 4.91. The van der Waals surface area contributed by atoms with E-state index in [2.05, 4.69) is 4.98 Å². The summed E-state index contributed by atoms with van der Waals surface area (Å²) < 4.78 is 5.51. The van der Waals surface area contributed by atoms with Crippen LogP contribution >= 0.6 is 11.3 Å². The summed E-state index contributed by atoms with van der Waals surface area (Å²) >= 11 is 0.998. The van der Waals surface area contributed by atoms with E-state index in [0.717, 1.165) is 17.1 Å². The molecule has 0 unspecified atom stereocenters. The maximum absolute atomic E-state index is 10.7.